The largest absolute Gasteiger partial charge is 0.505 e. The Kier molecular flexibility index (Phi) is 9.91. The van der Waals surface area contributed by atoms with Crippen LogP contribution in [0.25, 0.3) is 11.6 Å². The smallest absolute Gasteiger partial charge is 0.488 e. The lowest BCUT2D eigenvalue weighted by Gasteiger charge is -2.36. The van der Waals surface area contributed by atoms with Gasteiger partial charge in [0.2, 0.25) is 11.8 Å². The van der Waals surface area contributed by atoms with Crippen molar-refractivity contribution in [3.8, 4) is 5.75 Å². The van der Waals surface area contributed by atoms with E-state index in [2.05, 4.69) is 4.98 Å². The number of aromatic nitrogens is 1. The van der Waals surface area contributed by atoms with E-state index in [0.29, 0.717) is 28.0 Å². The highest BCUT2D eigenvalue weighted by Crippen LogP contribution is 2.47. The molecule has 0 unspecified atom stereocenters. The van der Waals surface area contributed by atoms with Crippen LogP contribution in [0.15, 0.2) is 78.0 Å². The summed E-state index contributed by atoms with van der Waals surface area (Å²) in [6, 6.07) is 15.2. The van der Waals surface area contributed by atoms with Gasteiger partial charge in [0.1, 0.15) is 0 Å². The molecule has 10 nitrogen and oxygen atoms in total. The van der Waals surface area contributed by atoms with Gasteiger partial charge in [-0.05, 0) is 89.5 Å². The maximum atomic E-state index is 14.1. The van der Waals surface area contributed by atoms with Crippen molar-refractivity contribution in [2.24, 2.45) is 17.8 Å². The molecule has 0 spiro atoms. The molecule has 4 atom stereocenters. The molecule has 1 saturated heterocycles. The molecule has 2 aliphatic rings. The number of methoxy groups -OCH3 is 1. The average Bonchev–Trinajstić information content (AvgIpc) is 3.29. The number of phenolic OH excluding ortho intramolecular Hbond substituents is 1. The summed E-state index contributed by atoms with van der Waals surface area (Å²) in [6.07, 6.45) is 2.79. The summed E-state index contributed by atoms with van der Waals surface area (Å²) in [7, 11) is -0.310. The number of halogens is 1. The quantitative estimate of drug-likeness (QED) is 0.123. The number of rotatable bonds is 11. The van der Waals surface area contributed by atoms with Crippen LogP contribution >= 0.6 is 0 Å². The number of aliphatic hydroxyl groups excluding tert-OH is 2. The van der Waals surface area contributed by atoms with Crippen molar-refractivity contribution in [1.29, 1.82) is 0 Å². The molecular formula is C33H34BFN2O8. The van der Waals surface area contributed by atoms with Crippen LogP contribution in [0.3, 0.4) is 0 Å². The second kappa shape index (κ2) is 13.8. The number of phenols is 1. The van der Waals surface area contributed by atoms with E-state index in [9.17, 15) is 39.3 Å². The Hall–Kier alpha value is -4.20. The molecule has 2 amide bonds. The average molecular weight is 616 g/mol. The van der Waals surface area contributed by atoms with Gasteiger partial charge in [0.25, 0.3) is 0 Å². The molecule has 3 aromatic rings. The van der Waals surface area contributed by atoms with Gasteiger partial charge in [0.05, 0.1) is 42.5 Å². The zero-order chi connectivity index (χ0) is 32.2. The summed E-state index contributed by atoms with van der Waals surface area (Å²) < 4.78 is 19.5. The molecule has 5 rings (SSSR count). The maximum Gasteiger partial charge on any atom is 0.488 e. The number of amides is 2. The fraction of sp³-hybridized carbons (Fsp3) is 0.303. The Labute approximate surface area is 259 Å². The van der Waals surface area contributed by atoms with E-state index in [1.54, 1.807) is 36.5 Å². The number of allylic oxidation sites excluding steroid dienone is 1. The Morgan fingerprint density at radius 2 is 1.93 bits per heavy atom. The SMILES string of the molecule is COCC1=C([C@H](O)CC/C(=C/c2ccc(O)c(F)c2)c2ccccn2)[C@H](CO)[C@@H]2C(=O)N(c3cccc(B(O)O)c3)C(=O)[C@@H]2C1. The summed E-state index contributed by atoms with van der Waals surface area (Å²) in [6.45, 7) is -0.422. The number of carbonyl (C=O) groups excluding carboxylic acids is 2. The number of nitrogens with zero attached hydrogens (tertiary/aromatic N) is 2. The molecule has 1 fully saturated rings. The van der Waals surface area contributed by atoms with Gasteiger partial charge >= 0.3 is 7.12 Å². The number of ether oxygens (including phenoxy) is 1. The number of aliphatic hydroxyl groups is 2. The molecule has 234 valence electrons. The monoisotopic (exact) mass is 616 g/mol. The summed E-state index contributed by atoms with van der Waals surface area (Å²) in [5.41, 5.74) is 3.15. The molecular weight excluding hydrogens is 582 g/mol. The highest BCUT2D eigenvalue weighted by Gasteiger charge is 2.55. The molecule has 1 aromatic heterocycles. The van der Waals surface area contributed by atoms with E-state index in [1.165, 1.54) is 43.5 Å². The first kappa shape index (κ1) is 32.2. The lowest BCUT2D eigenvalue weighted by molar-refractivity contribution is -0.123. The molecule has 45 heavy (non-hydrogen) atoms. The van der Waals surface area contributed by atoms with Crippen LogP contribution in [0.2, 0.25) is 0 Å². The van der Waals surface area contributed by atoms with Crippen molar-refractivity contribution < 1.29 is 44.1 Å². The number of anilines is 1. The molecule has 2 heterocycles. The third-order valence-electron chi connectivity index (χ3n) is 8.48. The van der Waals surface area contributed by atoms with Gasteiger partial charge in [-0.1, -0.05) is 24.3 Å². The summed E-state index contributed by atoms with van der Waals surface area (Å²) in [4.78, 5) is 32.9. The van der Waals surface area contributed by atoms with Crippen LogP contribution in [0.5, 0.6) is 5.75 Å². The summed E-state index contributed by atoms with van der Waals surface area (Å²) in [5, 5.41) is 51.1. The summed E-state index contributed by atoms with van der Waals surface area (Å²) >= 11 is 0. The molecule has 0 bridgehead atoms. The molecule has 0 saturated carbocycles. The number of carbonyl (C=O) groups is 2. The fourth-order valence-corrected chi connectivity index (χ4v) is 6.43. The maximum absolute atomic E-state index is 14.1. The molecule has 5 N–H and O–H groups in total. The van der Waals surface area contributed by atoms with E-state index in [0.717, 1.165) is 4.90 Å². The number of pyridine rings is 1. The number of aromatic hydroxyl groups is 1. The van der Waals surface area contributed by atoms with Crippen molar-refractivity contribution in [3.63, 3.8) is 0 Å². The van der Waals surface area contributed by atoms with Crippen LogP contribution in [0, 0.1) is 23.6 Å². The molecule has 0 radical (unpaired) electrons. The van der Waals surface area contributed by atoms with Crippen LogP contribution in [0.4, 0.5) is 10.1 Å². The second-order valence-corrected chi connectivity index (χ2v) is 11.2. The lowest BCUT2D eigenvalue weighted by atomic mass is 9.68. The van der Waals surface area contributed by atoms with Crippen LogP contribution < -0.4 is 10.4 Å². The molecule has 12 heteroatoms. The molecule has 2 aromatic carbocycles. The fourth-order valence-electron chi connectivity index (χ4n) is 6.43. The van der Waals surface area contributed by atoms with E-state index in [1.807, 2.05) is 0 Å². The zero-order valence-electron chi connectivity index (χ0n) is 24.6. The lowest BCUT2D eigenvalue weighted by Crippen LogP contribution is -2.39. The Morgan fingerprint density at radius 1 is 1.13 bits per heavy atom. The van der Waals surface area contributed by atoms with Crippen LogP contribution in [-0.2, 0) is 14.3 Å². The Morgan fingerprint density at radius 3 is 2.60 bits per heavy atom. The van der Waals surface area contributed by atoms with E-state index >= 15 is 0 Å². The predicted octanol–water partition coefficient (Wildman–Crippen LogP) is 2.05. The van der Waals surface area contributed by atoms with E-state index in [4.69, 9.17) is 4.74 Å². The van der Waals surface area contributed by atoms with Gasteiger partial charge < -0.3 is 30.1 Å². The van der Waals surface area contributed by atoms with Gasteiger partial charge in [-0.25, -0.2) is 4.39 Å². The standard InChI is InChI=1S/C33H34BFN2O8/c1-45-18-21-15-24-31(33(42)37(32(24)41)23-6-4-5-22(16-23)34(43)44)25(17-38)30(21)29(40)11-9-20(27-7-2-3-12-36-27)13-19-8-10-28(39)26(35)14-19/h2-8,10,12-14,16,24-25,29,31,38-40,43-44H,9,11,15,17-18H2,1H3/b20-13-/t24-,25+,29-,31-/m1/s1. The van der Waals surface area contributed by atoms with E-state index in [-0.39, 0.29) is 37.0 Å². The normalized spacial score (nSPS) is 20.9. The van der Waals surface area contributed by atoms with Gasteiger partial charge in [-0.15, -0.1) is 0 Å². The van der Waals surface area contributed by atoms with Gasteiger partial charge in [0, 0.05) is 19.2 Å². The van der Waals surface area contributed by atoms with Gasteiger partial charge in [-0.3, -0.25) is 19.5 Å². The molecule has 1 aliphatic carbocycles. The predicted molar refractivity (Wildman–Crippen MR) is 165 cm³/mol. The van der Waals surface area contributed by atoms with Crippen molar-refractivity contribution in [3.05, 3.63) is 95.1 Å². The highest BCUT2D eigenvalue weighted by molar-refractivity contribution is 6.58. The number of imide groups is 1. The minimum absolute atomic E-state index is 0.0789. The minimum Gasteiger partial charge on any atom is -0.505 e. The second-order valence-electron chi connectivity index (χ2n) is 11.2. The minimum atomic E-state index is -1.79. The highest BCUT2D eigenvalue weighted by atomic mass is 19.1. The van der Waals surface area contributed by atoms with Crippen LogP contribution in [-0.4, -0.2) is 75.7 Å². The first-order valence-corrected chi connectivity index (χ1v) is 14.6. The van der Waals surface area contributed by atoms with Crippen LogP contribution in [0.1, 0.15) is 30.5 Å². The van der Waals surface area contributed by atoms with Crippen molar-refractivity contribution in [2.45, 2.75) is 25.4 Å². The third-order valence-corrected chi connectivity index (χ3v) is 8.48. The van der Waals surface area contributed by atoms with Crippen molar-refractivity contribution >= 4 is 41.7 Å². The van der Waals surface area contributed by atoms with Gasteiger partial charge in [-0.2, -0.15) is 0 Å². The topological polar surface area (TPSA) is 161 Å². The first-order valence-electron chi connectivity index (χ1n) is 14.6. The van der Waals surface area contributed by atoms with Crippen molar-refractivity contribution in [1.82, 2.24) is 4.98 Å². The molecule has 1 aliphatic heterocycles. The number of benzene rings is 2. The Bertz CT molecular complexity index is 1630. The third kappa shape index (κ3) is 6.61. The number of fused-ring (bicyclic) bond motifs is 1. The van der Waals surface area contributed by atoms with Gasteiger partial charge in [0.15, 0.2) is 11.6 Å². The summed E-state index contributed by atoms with van der Waals surface area (Å²) in [5.74, 6) is -4.87. The Balaban J connectivity index is 1.45. The van der Waals surface area contributed by atoms with Crippen molar-refractivity contribution in [2.75, 3.05) is 25.2 Å². The first-order chi connectivity index (χ1) is 21.6. The zero-order valence-corrected chi connectivity index (χ0v) is 24.6. The number of hydrogen-bond donors (Lipinski definition) is 5. The van der Waals surface area contributed by atoms with E-state index < -0.39 is 61.0 Å². The number of hydrogen-bond acceptors (Lipinski definition) is 9.